The molecule has 35 heavy (non-hydrogen) atoms. The molecule has 0 unspecified atom stereocenters. The summed E-state index contributed by atoms with van der Waals surface area (Å²) in [6.45, 7) is 0.178. The van der Waals surface area contributed by atoms with Gasteiger partial charge in [-0.15, -0.1) is 0 Å². The van der Waals surface area contributed by atoms with Gasteiger partial charge in [-0.3, -0.25) is 4.79 Å². The molecule has 0 amide bonds. The molecular weight excluding hydrogens is 481 g/mol. The van der Waals surface area contributed by atoms with Crippen LogP contribution in [0.3, 0.4) is 0 Å². The Labute approximate surface area is 202 Å². The Morgan fingerprint density at radius 2 is 1.60 bits per heavy atom. The van der Waals surface area contributed by atoms with Gasteiger partial charge in [0.2, 0.25) is 11.2 Å². The summed E-state index contributed by atoms with van der Waals surface area (Å²) in [6.07, 6.45) is -4.98. The predicted molar refractivity (Wildman–Crippen MR) is 127 cm³/mol. The van der Waals surface area contributed by atoms with E-state index < -0.39 is 23.1 Å². The first-order valence-electron chi connectivity index (χ1n) is 10.5. The van der Waals surface area contributed by atoms with E-state index in [0.29, 0.717) is 0 Å². The number of alkyl halides is 3. The summed E-state index contributed by atoms with van der Waals surface area (Å²) in [6, 6.07) is 23.6. The summed E-state index contributed by atoms with van der Waals surface area (Å²) < 4.78 is 57.7. The van der Waals surface area contributed by atoms with E-state index in [0.717, 1.165) is 16.3 Å². The maximum absolute atomic E-state index is 13.8. The molecule has 0 aliphatic heterocycles. The maximum Gasteiger partial charge on any atom is 0.453 e. The number of ether oxygens (including phenoxy) is 2. The molecule has 0 aliphatic rings. The molecule has 0 saturated heterocycles. The average Bonchev–Trinajstić information content (AvgIpc) is 2.84. The molecule has 5 aromatic rings. The van der Waals surface area contributed by atoms with Gasteiger partial charge < -0.3 is 13.9 Å². The minimum absolute atomic E-state index is 0.0531. The van der Waals surface area contributed by atoms with Crippen LogP contribution in [-0.2, 0) is 12.8 Å². The van der Waals surface area contributed by atoms with Crippen molar-refractivity contribution in [3.05, 3.63) is 111 Å². The van der Waals surface area contributed by atoms with Gasteiger partial charge in [-0.25, -0.2) is 0 Å². The third kappa shape index (κ3) is 4.55. The molecule has 0 spiro atoms. The summed E-state index contributed by atoms with van der Waals surface area (Å²) in [5, 5.41) is 2.01. The van der Waals surface area contributed by atoms with Crippen molar-refractivity contribution >= 4 is 33.3 Å². The van der Waals surface area contributed by atoms with E-state index in [1.807, 2.05) is 42.5 Å². The fraction of sp³-hybridized carbons (Fsp3) is 0.0741. The first-order valence-corrected chi connectivity index (χ1v) is 10.9. The summed E-state index contributed by atoms with van der Waals surface area (Å²) in [4.78, 5) is 13.0. The quantitative estimate of drug-likeness (QED) is 0.247. The van der Waals surface area contributed by atoms with E-state index in [4.69, 9.17) is 25.5 Å². The van der Waals surface area contributed by atoms with E-state index in [-0.39, 0.29) is 34.1 Å². The van der Waals surface area contributed by atoms with Gasteiger partial charge in [0, 0.05) is 6.07 Å². The second kappa shape index (κ2) is 9.00. The number of fused-ring (bicyclic) bond motifs is 2. The topological polar surface area (TPSA) is 48.7 Å². The molecule has 0 radical (unpaired) electrons. The first kappa shape index (κ1) is 22.8. The Hall–Kier alpha value is -3.97. The van der Waals surface area contributed by atoms with E-state index >= 15 is 0 Å². The number of rotatable bonds is 5. The third-order valence-electron chi connectivity index (χ3n) is 5.40. The molecule has 4 aromatic carbocycles. The molecule has 0 bridgehead atoms. The van der Waals surface area contributed by atoms with Gasteiger partial charge in [-0.05, 0) is 40.6 Å². The minimum Gasteiger partial charge on any atom is -0.489 e. The van der Waals surface area contributed by atoms with Gasteiger partial charge in [0.1, 0.15) is 23.7 Å². The molecule has 176 valence electrons. The zero-order valence-electron chi connectivity index (χ0n) is 17.9. The molecular formula is C27H16ClF3O4. The Bertz CT molecular complexity index is 1600. The van der Waals surface area contributed by atoms with Gasteiger partial charge >= 0.3 is 6.18 Å². The lowest BCUT2D eigenvalue weighted by atomic mass is 10.1. The van der Waals surface area contributed by atoms with Crippen LogP contribution in [0.4, 0.5) is 13.2 Å². The van der Waals surface area contributed by atoms with Crippen molar-refractivity contribution < 1.29 is 27.1 Å². The first-order chi connectivity index (χ1) is 16.8. The van der Waals surface area contributed by atoms with Crippen LogP contribution < -0.4 is 14.9 Å². The van der Waals surface area contributed by atoms with E-state index in [1.165, 1.54) is 36.4 Å². The second-order valence-corrected chi connectivity index (χ2v) is 8.11. The van der Waals surface area contributed by atoms with Crippen LogP contribution in [0.5, 0.6) is 17.2 Å². The highest BCUT2D eigenvalue weighted by molar-refractivity contribution is 6.32. The number of hydrogen-bond acceptors (Lipinski definition) is 4. The molecule has 0 fully saturated rings. The van der Waals surface area contributed by atoms with E-state index in [1.54, 1.807) is 6.07 Å². The van der Waals surface area contributed by atoms with Crippen molar-refractivity contribution in [2.24, 2.45) is 0 Å². The second-order valence-electron chi connectivity index (χ2n) is 7.70. The molecule has 4 nitrogen and oxygen atoms in total. The molecule has 0 atom stereocenters. The Morgan fingerprint density at radius 3 is 2.40 bits per heavy atom. The Morgan fingerprint density at radius 1 is 0.857 bits per heavy atom. The van der Waals surface area contributed by atoms with Gasteiger partial charge in [0.15, 0.2) is 0 Å². The molecule has 1 aromatic heterocycles. The predicted octanol–water partition coefficient (Wildman–Crippen LogP) is 7.99. The van der Waals surface area contributed by atoms with Crippen molar-refractivity contribution in [1.82, 2.24) is 0 Å². The number of halogens is 4. The minimum atomic E-state index is -4.98. The SMILES string of the molecule is O=c1c(Oc2ccccc2Cl)c(C(F)(F)F)oc2cc(OCc3cccc4ccccc34)ccc12. The highest BCUT2D eigenvalue weighted by Gasteiger charge is 2.40. The van der Waals surface area contributed by atoms with Gasteiger partial charge in [0.05, 0.1) is 10.4 Å². The molecule has 8 heteroatoms. The van der Waals surface area contributed by atoms with Crippen LogP contribution in [0.25, 0.3) is 21.7 Å². The van der Waals surface area contributed by atoms with Crippen LogP contribution in [0, 0.1) is 0 Å². The largest absolute Gasteiger partial charge is 0.489 e. The Balaban J connectivity index is 1.52. The van der Waals surface area contributed by atoms with Gasteiger partial charge in [0.25, 0.3) is 5.76 Å². The highest BCUT2D eigenvalue weighted by Crippen LogP contribution is 2.40. The zero-order valence-corrected chi connectivity index (χ0v) is 18.7. The average molecular weight is 497 g/mol. The third-order valence-corrected chi connectivity index (χ3v) is 5.71. The fourth-order valence-electron chi connectivity index (χ4n) is 3.74. The standard InChI is InChI=1S/C27H16ClF3O4/c28-21-10-3-4-11-22(21)34-25-24(32)20-13-12-18(14-23(20)35-26(25)27(29,30)31)33-15-17-8-5-7-16-6-1-2-9-19(16)17/h1-14H,15H2. The smallest absolute Gasteiger partial charge is 0.453 e. The van der Waals surface area contributed by atoms with Crippen LogP contribution in [-0.4, -0.2) is 0 Å². The number of benzene rings is 4. The van der Waals surface area contributed by atoms with Crippen molar-refractivity contribution in [3.8, 4) is 17.2 Å². The number of hydrogen-bond donors (Lipinski definition) is 0. The van der Waals surface area contributed by atoms with Gasteiger partial charge in [-0.2, -0.15) is 13.2 Å². The molecule has 1 heterocycles. The lowest BCUT2D eigenvalue weighted by Crippen LogP contribution is -2.15. The summed E-state index contributed by atoms with van der Waals surface area (Å²) in [5.41, 5.74) is -0.340. The van der Waals surface area contributed by atoms with Crippen LogP contribution in [0.1, 0.15) is 11.3 Å². The summed E-state index contributed by atoms with van der Waals surface area (Å²) in [7, 11) is 0. The van der Waals surface area contributed by atoms with E-state index in [2.05, 4.69) is 0 Å². The zero-order chi connectivity index (χ0) is 24.6. The van der Waals surface area contributed by atoms with Crippen molar-refractivity contribution in [2.45, 2.75) is 12.8 Å². The summed E-state index contributed by atoms with van der Waals surface area (Å²) in [5.74, 6) is -2.38. The highest BCUT2D eigenvalue weighted by atomic mass is 35.5. The molecule has 0 aliphatic carbocycles. The number of para-hydroxylation sites is 1. The van der Waals surface area contributed by atoms with Crippen molar-refractivity contribution in [2.75, 3.05) is 0 Å². The van der Waals surface area contributed by atoms with Crippen molar-refractivity contribution in [3.63, 3.8) is 0 Å². The fourth-order valence-corrected chi connectivity index (χ4v) is 3.92. The van der Waals surface area contributed by atoms with Crippen LogP contribution in [0.15, 0.2) is 94.1 Å². The summed E-state index contributed by atoms with van der Waals surface area (Å²) >= 11 is 6.00. The lowest BCUT2D eigenvalue weighted by Gasteiger charge is -2.14. The monoisotopic (exact) mass is 496 g/mol. The van der Waals surface area contributed by atoms with Crippen LogP contribution >= 0.6 is 11.6 Å². The van der Waals surface area contributed by atoms with Crippen LogP contribution in [0.2, 0.25) is 5.02 Å². The van der Waals surface area contributed by atoms with Gasteiger partial charge in [-0.1, -0.05) is 66.2 Å². The lowest BCUT2D eigenvalue weighted by molar-refractivity contribution is -0.154. The maximum atomic E-state index is 13.8. The van der Waals surface area contributed by atoms with Crippen molar-refractivity contribution in [1.29, 1.82) is 0 Å². The Kier molecular flexibility index (Phi) is 5.86. The van der Waals surface area contributed by atoms with E-state index in [9.17, 15) is 18.0 Å². The molecule has 5 rings (SSSR count). The molecule has 0 N–H and O–H groups in total. The normalized spacial score (nSPS) is 11.7. The molecule has 0 saturated carbocycles.